The van der Waals surface area contributed by atoms with Crippen molar-refractivity contribution < 1.29 is 19.2 Å². The van der Waals surface area contributed by atoms with Crippen molar-refractivity contribution in [1.82, 2.24) is 20.0 Å². The first-order valence-corrected chi connectivity index (χ1v) is 8.66. The summed E-state index contributed by atoms with van der Waals surface area (Å²) in [6.07, 6.45) is 4.15. The van der Waals surface area contributed by atoms with Crippen LogP contribution in [-0.4, -0.2) is 57.8 Å². The first-order valence-electron chi connectivity index (χ1n) is 8.66. The van der Waals surface area contributed by atoms with Crippen molar-refractivity contribution in [3.05, 3.63) is 22.0 Å². The molecular formula is C15H22N6O5. The van der Waals surface area contributed by atoms with Crippen LogP contribution in [0.5, 0.6) is 0 Å². The van der Waals surface area contributed by atoms with Crippen LogP contribution in [-0.2, 0) is 10.5 Å². The van der Waals surface area contributed by atoms with Gasteiger partial charge in [-0.25, -0.2) is 9.48 Å². The van der Waals surface area contributed by atoms with Crippen molar-refractivity contribution in [2.24, 2.45) is 5.73 Å². The van der Waals surface area contributed by atoms with Gasteiger partial charge in [-0.1, -0.05) is 6.42 Å². The van der Waals surface area contributed by atoms with Crippen molar-refractivity contribution in [2.45, 2.75) is 37.8 Å². The third kappa shape index (κ3) is 3.47. The number of carbonyl (C=O) groups excluding carboxylic acids is 2. The number of hydrogen-bond donors (Lipinski definition) is 2. The van der Waals surface area contributed by atoms with Gasteiger partial charge in [-0.15, -0.1) is 0 Å². The van der Waals surface area contributed by atoms with Crippen molar-refractivity contribution >= 4 is 17.7 Å². The van der Waals surface area contributed by atoms with Crippen molar-refractivity contribution in [2.75, 3.05) is 26.2 Å². The van der Waals surface area contributed by atoms with Crippen LogP contribution >= 0.6 is 0 Å². The number of nitrogens with two attached hydrogens (primary N) is 1. The number of ether oxygens (including phenoxy) is 1. The van der Waals surface area contributed by atoms with E-state index in [2.05, 4.69) is 10.4 Å². The van der Waals surface area contributed by atoms with E-state index < -0.39 is 34.0 Å². The fraction of sp³-hybridized carbons (Fsp3) is 0.667. The summed E-state index contributed by atoms with van der Waals surface area (Å²) in [6.45, 7) is 2.42. The lowest BCUT2D eigenvalue weighted by Gasteiger charge is -2.38. The Kier molecular flexibility index (Phi) is 5.07. The van der Waals surface area contributed by atoms with Crippen LogP contribution in [0, 0.1) is 10.1 Å². The molecular weight excluding hydrogens is 344 g/mol. The van der Waals surface area contributed by atoms with Gasteiger partial charge in [0.15, 0.2) is 0 Å². The van der Waals surface area contributed by atoms with Gasteiger partial charge in [0.05, 0.1) is 4.92 Å². The van der Waals surface area contributed by atoms with E-state index >= 15 is 0 Å². The van der Waals surface area contributed by atoms with E-state index in [0.29, 0.717) is 39.0 Å². The Morgan fingerprint density at radius 2 is 1.92 bits per heavy atom. The number of nitrogens with zero attached hydrogens (tertiary/aromatic N) is 4. The molecule has 1 aliphatic heterocycles. The van der Waals surface area contributed by atoms with E-state index in [1.54, 1.807) is 4.90 Å². The van der Waals surface area contributed by atoms with Crippen molar-refractivity contribution in [1.29, 1.82) is 0 Å². The molecule has 0 aromatic carbocycles. The molecule has 2 aliphatic rings. The summed E-state index contributed by atoms with van der Waals surface area (Å²) in [5, 5.41) is 18.4. The number of nitrogens with one attached hydrogen (secondary N) is 1. The van der Waals surface area contributed by atoms with Gasteiger partial charge in [0.1, 0.15) is 6.20 Å². The number of hydrogen-bond acceptors (Lipinski definition) is 7. The third-order valence-corrected chi connectivity index (χ3v) is 4.83. The SMILES string of the molecule is NC(=O)c1nn(C2(OC(=O)N3CCNCC3)CCCCC2)cc1[N+](=O)[O-]. The van der Waals surface area contributed by atoms with Crippen LogP contribution < -0.4 is 11.1 Å². The molecule has 2 heterocycles. The minimum Gasteiger partial charge on any atom is -0.421 e. The zero-order valence-corrected chi connectivity index (χ0v) is 14.3. The zero-order valence-electron chi connectivity index (χ0n) is 14.3. The fourth-order valence-corrected chi connectivity index (χ4v) is 3.44. The summed E-state index contributed by atoms with van der Waals surface area (Å²) in [4.78, 5) is 36.2. The number of rotatable bonds is 4. The van der Waals surface area contributed by atoms with E-state index in [1.807, 2.05) is 0 Å². The molecule has 142 valence electrons. The molecule has 0 unspecified atom stereocenters. The van der Waals surface area contributed by atoms with Crippen LogP contribution in [0.3, 0.4) is 0 Å². The number of aromatic nitrogens is 2. The topological polar surface area (TPSA) is 146 Å². The van der Waals surface area contributed by atoms with Gasteiger partial charge in [0.2, 0.25) is 11.4 Å². The molecule has 1 saturated carbocycles. The minimum absolute atomic E-state index is 0.432. The average Bonchev–Trinajstić information content (AvgIpc) is 3.10. The van der Waals surface area contributed by atoms with Crippen LogP contribution in [0.4, 0.5) is 10.5 Å². The summed E-state index contributed by atoms with van der Waals surface area (Å²) >= 11 is 0. The average molecular weight is 366 g/mol. The molecule has 1 aromatic rings. The zero-order chi connectivity index (χ0) is 18.7. The lowest BCUT2D eigenvalue weighted by Crippen LogP contribution is -2.50. The number of nitro groups is 1. The maximum Gasteiger partial charge on any atom is 0.412 e. The Bertz CT molecular complexity index is 674. The molecule has 0 atom stereocenters. The number of amides is 2. The first kappa shape index (κ1) is 18.1. The highest BCUT2D eigenvalue weighted by atomic mass is 16.6. The predicted molar refractivity (Wildman–Crippen MR) is 89.4 cm³/mol. The number of piperazine rings is 1. The monoisotopic (exact) mass is 366 g/mol. The molecule has 26 heavy (non-hydrogen) atoms. The van der Waals surface area contributed by atoms with Gasteiger partial charge in [-0.2, -0.15) is 5.10 Å². The third-order valence-electron chi connectivity index (χ3n) is 4.83. The van der Waals surface area contributed by atoms with E-state index in [0.717, 1.165) is 25.5 Å². The molecule has 1 saturated heterocycles. The highest BCUT2D eigenvalue weighted by Crippen LogP contribution is 2.37. The second-order valence-corrected chi connectivity index (χ2v) is 6.54. The van der Waals surface area contributed by atoms with E-state index in [-0.39, 0.29) is 0 Å². The second kappa shape index (κ2) is 7.28. The first-order chi connectivity index (χ1) is 12.4. The fourth-order valence-electron chi connectivity index (χ4n) is 3.44. The molecule has 3 N–H and O–H groups in total. The van der Waals surface area contributed by atoms with Crippen LogP contribution in [0.2, 0.25) is 0 Å². The Labute approximate surface area is 149 Å². The van der Waals surface area contributed by atoms with Crippen molar-refractivity contribution in [3.8, 4) is 0 Å². The highest BCUT2D eigenvalue weighted by molar-refractivity contribution is 5.94. The molecule has 2 amide bonds. The van der Waals surface area contributed by atoms with Crippen LogP contribution in [0.15, 0.2) is 6.20 Å². The molecule has 0 spiro atoms. The van der Waals surface area contributed by atoms with Gasteiger partial charge in [0, 0.05) is 39.0 Å². The normalized spacial score (nSPS) is 19.8. The predicted octanol–water partition coefficient (Wildman–Crippen LogP) is 0.549. The largest absolute Gasteiger partial charge is 0.421 e. The molecule has 11 nitrogen and oxygen atoms in total. The summed E-state index contributed by atoms with van der Waals surface area (Å²) in [5.41, 5.74) is 3.16. The van der Waals surface area contributed by atoms with Crippen LogP contribution in [0.25, 0.3) is 0 Å². The maximum atomic E-state index is 12.6. The van der Waals surface area contributed by atoms with Gasteiger partial charge >= 0.3 is 11.8 Å². The van der Waals surface area contributed by atoms with E-state index in [9.17, 15) is 19.7 Å². The van der Waals surface area contributed by atoms with Crippen molar-refractivity contribution in [3.63, 3.8) is 0 Å². The van der Waals surface area contributed by atoms with Gasteiger partial charge < -0.3 is 20.7 Å². The van der Waals surface area contributed by atoms with Gasteiger partial charge in [-0.05, 0) is 12.8 Å². The second-order valence-electron chi connectivity index (χ2n) is 6.54. The summed E-state index contributed by atoms with van der Waals surface area (Å²) in [5.74, 6) is -0.991. The Morgan fingerprint density at radius 3 is 2.46 bits per heavy atom. The number of carbonyl (C=O) groups is 2. The van der Waals surface area contributed by atoms with Gasteiger partial charge in [-0.3, -0.25) is 14.9 Å². The van der Waals surface area contributed by atoms with E-state index in [1.165, 1.54) is 4.68 Å². The highest BCUT2D eigenvalue weighted by Gasteiger charge is 2.42. The smallest absolute Gasteiger partial charge is 0.412 e. The summed E-state index contributed by atoms with van der Waals surface area (Å²) in [7, 11) is 0. The summed E-state index contributed by atoms with van der Waals surface area (Å²) in [6, 6.07) is 0. The molecule has 0 radical (unpaired) electrons. The molecule has 3 rings (SSSR count). The number of primary amides is 1. The van der Waals surface area contributed by atoms with Gasteiger partial charge in [0.25, 0.3) is 5.91 Å². The quantitative estimate of drug-likeness (QED) is 0.584. The molecule has 2 fully saturated rings. The molecule has 1 aliphatic carbocycles. The Hall–Kier alpha value is -2.69. The maximum absolute atomic E-state index is 12.6. The lowest BCUT2D eigenvalue weighted by atomic mass is 9.91. The Balaban J connectivity index is 1.92. The van der Waals surface area contributed by atoms with E-state index in [4.69, 9.17) is 10.5 Å². The molecule has 0 bridgehead atoms. The molecule has 1 aromatic heterocycles. The Morgan fingerprint density at radius 1 is 1.27 bits per heavy atom. The minimum atomic E-state index is -1.14. The standard InChI is InChI=1S/C15H22N6O5/c16-13(22)12-11(21(24)25)10-20(18-12)15(4-2-1-3-5-15)26-14(23)19-8-6-17-7-9-19/h10,17H,1-9H2,(H2,16,22). The van der Waals surface area contributed by atoms with Crippen LogP contribution in [0.1, 0.15) is 42.6 Å². The molecule has 11 heteroatoms. The summed E-state index contributed by atoms with van der Waals surface area (Å²) < 4.78 is 7.06. The lowest BCUT2D eigenvalue weighted by molar-refractivity contribution is -0.385.